The van der Waals surface area contributed by atoms with Crippen LogP contribution in [0.4, 0.5) is 0 Å². The van der Waals surface area contributed by atoms with Crippen LogP contribution in [0.25, 0.3) is 0 Å². The SMILES string of the molecule is CN1CCOC(COc2cccc3c2CCCC3=NO)C1. The Bertz CT molecular complexity index is 530. The highest BCUT2D eigenvalue weighted by Crippen LogP contribution is 2.30. The summed E-state index contributed by atoms with van der Waals surface area (Å²) in [5, 5.41) is 12.5. The topological polar surface area (TPSA) is 54.3 Å². The van der Waals surface area contributed by atoms with Gasteiger partial charge in [-0.25, -0.2) is 0 Å². The molecular weight excluding hydrogens is 268 g/mol. The fraction of sp³-hybridized carbons (Fsp3) is 0.562. The smallest absolute Gasteiger partial charge is 0.123 e. The summed E-state index contributed by atoms with van der Waals surface area (Å²) < 4.78 is 11.7. The summed E-state index contributed by atoms with van der Waals surface area (Å²) in [6, 6.07) is 5.95. The van der Waals surface area contributed by atoms with Gasteiger partial charge in [-0.1, -0.05) is 17.3 Å². The largest absolute Gasteiger partial charge is 0.491 e. The molecule has 5 heteroatoms. The summed E-state index contributed by atoms with van der Waals surface area (Å²) in [6.45, 7) is 3.21. The molecule has 1 aliphatic carbocycles. The van der Waals surface area contributed by atoms with E-state index in [1.165, 1.54) is 0 Å². The minimum Gasteiger partial charge on any atom is -0.491 e. The molecule has 1 saturated heterocycles. The predicted molar refractivity (Wildman–Crippen MR) is 80.4 cm³/mol. The fourth-order valence-electron chi connectivity index (χ4n) is 3.05. The van der Waals surface area contributed by atoms with Crippen molar-refractivity contribution in [2.45, 2.75) is 25.4 Å². The lowest BCUT2D eigenvalue weighted by molar-refractivity contribution is -0.0404. The van der Waals surface area contributed by atoms with Gasteiger partial charge in [0.2, 0.25) is 0 Å². The minimum absolute atomic E-state index is 0.120. The molecule has 0 aromatic heterocycles. The molecule has 1 heterocycles. The van der Waals surface area contributed by atoms with Gasteiger partial charge in [0.1, 0.15) is 18.5 Å². The third-order valence-electron chi connectivity index (χ3n) is 4.17. The number of fused-ring (bicyclic) bond motifs is 1. The summed E-state index contributed by atoms with van der Waals surface area (Å²) >= 11 is 0. The van der Waals surface area contributed by atoms with E-state index in [1.807, 2.05) is 18.2 Å². The Labute approximate surface area is 125 Å². The highest BCUT2D eigenvalue weighted by Gasteiger charge is 2.22. The monoisotopic (exact) mass is 290 g/mol. The van der Waals surface area contributed by atoms with Crippen molar-refractivity contribution in [3.8, 4) is 5.75 Å². The molecule has 1 N–H and O–H groups in total. The molecule has 114 valence electrons. The second-order valence-electron chi connectivity index (χ2n) is 5.75. The zero-order valence-electron chi connectivity index (χ0n) is 12.4. The van der Waals surface area contributed by atoms with Gasteiger partial charge in [0, 0.05) is 24.2 Å². The number of hydrogen-bond acceptors (Lipinski definition) is 5. The van der Waals surface area contributed by atoms with E-state index in [9.17, 15) is 0 Å². The Morgan fingerprint density at radius 1 is 1.43 bits per heavy atom. The Hall–Kier alpha value is -1.59. The second kappa shape index (κ2) is 6.45. The van der Waals surface area contributed by atoms with Crippen LogP contribution in [0.2, 0.25) is 0 Å². The Morgan fingerprint density at radius 2 is 2.33 bits per heavy atom. The molecule has 5 nitrogen and oxygen atoms in total. The molecular formula is C16H22N2O3. The first kappa shape index (κ1) is 14.4. The molecule has 1 aliphatic heterocycles. The lowest BCUT2D eigenvalue weighted by atomic mass is 9.89. The van der Waals surface area contributed by atoms with Crippen LogP contribution in [0.1, 0.15) is 24.0 Å². The highest BCUT2D eigenvalue weighted by atomic mass is 16.5. The maximum Gasteiger partial charge on any atom is 0.123 e. The molecule has 2 aliphatic rings. The van der Waals surface area contributed by atoms with Gasteiger partial charge in [0.25, 0.3) is 0 Å². The van der Waals surface area contributed by atoms with E-state index in [4.69, 9.17) is 14.7 Å². The van der Waals surface area contributed by atoms with Gasteiger partial charge < -0.3 is 19.6 Å². The van der Waals surface area contributed by atoms with Gasteiger partial charge in [-0.05, 0) is 32.4 Å². The van der Waals surface area contributed by atoms with Crippen molar-refractivity contribution in [1.29, 1.82) is 0 Å². The molecule has 1 unspecified atom stereocenters. The number of morpholine rings is 1. The normalized spacial score (nSPS) is 24.8. The van der Waals surface area contributed by atoms with Crippen LogP contribution in [0.3, 0.4) is 0 Å². The van der Waals surface area contributed by atoms with Crippen molar-refractivity contribution in [1.82, 2.24) is 4.90 Å². The van der Waals surface area contributed by atoms with Crippen LogP contribution in [0.15, 0.2) is 23.4 Å². The maximum absolute atomic E-state index is 9.11. The minimum atomic E-state index is 0.120. The van der Waals surface area contributed by atoms with E-state index in [0.29, 0.717) is 6.61 Å². The molecule has 0 saturated carbocycles. The average Bonchev–Trinajstić information content (AvgIpc) is 2.52. The lowest BCUT2D eigenvalue weighted by Crippen LogP contribution is -2.42. The predicted octanol–water partition coefficient (Wildman–Crippen LogP) is 1.91. The standard InChI is InChI=1S/C16H22N2O3/c1-18-8-9-20-12(10-18)11-21-16-7-3-4-13-14(16)5-2-6-15(13)17-19/h3-4,7,12,19H,2,5-6,8-11H2,1H3. The number of rotatable bonds is 3. The molecule has 0 spiro atoms. The zero-order valence-corrected chi connectivity index (χ0v) is 12.4. The van der Waals surface area contributed by atoms with Gasteiger partial charge in [-0.15, -0.1) is 0 Å². The van der Waals surface area contributed by atoms with Gasteiger partial charge >= 0.3 is 0 Å². The fourth-order valence-corrected chi connectivity index (χ4v) is 3.05. The number of oxime groups is 1. The summed E-state index contributed by atoms with van der Waals surface area (Å²) in [4.78, 5) is 2.26. The first-order valence-corrected chi connectivity index (χ1v) is 7.54. The van der Waals surface area contributed by atoms with Crippen LogP contribution >= 0.6 is 0 Å². The van der Waals surface area contributed by atoms with Crippen LogP contribution in [-0.4, -0.2) is 55.3 Å². The van der Waals surface area contributed by atoms with E-state index >= 15 is 0 Å². The number of likely N-dealkylation sites (N-methyl/N-ethyl adjacent to an activating group) is 1. The van der Waals surface area contributed by atoms with Crippen molar-refractivity contribution in [3.63, 3.8) is 0 Å². The quantitative estimate of drug-likeness (QED) is 0.682. The molecule has 0 amide bonds. The van der Waals surface area contributed by atoms with E-state index in [1.54, 1.807) is 0 Å². The Morgan fingerprint density at radius 3 is 3.14 bits per heavy atom. The van der Waals surface area contributed by atoms with Crippen molar-refractivity contribution in [2.75, 3.05) is 33.4 Å². The number of hydrogen-bond donors (Lipinski definition) is 1. The molecule has 0 bridgehead atoms. The van der Waals surface area contributed by atoms with Gasteiger partial charge in [0.05, 0.1) is 12.3 Å². The molecule has 0 radical (unpaired) electrons. The van der Waals surface area contributed by atoms with Crippen LogP contribution in [-0.2, 0) is 11.2 Å². The first-order valence-electron chi connectivity index (χ1n) is 7.54. The first-order chi connectivity index (χ1) is 10.3. The van der Waals surface area contributed by atoms with Gasteiger partial charge in [-0.2, -0.15) is 0 Å². The molecule has 1 aromatic carbocycles. The van der Waals surface area contributed by atoms with Gasteiger partial charge in [0.15, 0.2) is 0 Å². The average molecular weight is 290 g/mol. The zero-order chi connectivity index (χ0) is 14.7. The number of benzene rings is 1. The van der Waals surface area contributed by atoms with Gasteiger partial charge in [-0.3, -0.25) is 0 Å². The number of nitrogens with zero attached hydrogens (tertiary/aromatic N) is 2. The highest BCUT2D eigenvalue weighted by molar-refractivity contribution is 6.02. The molecule has 1 aromatic rings. The van der Waals surface area contributed by atoms with Crippen molar-refractivity contribution >= 4 is 5.71 Å². The van der Waals surface area contributed by atoms with E-state index in [-0.39, 0.29) is 6.10 Å². The van der Waals surface area contributed by atoms with Crippen molar-refractivity contribution in [3.05, 3.63) is 29.3 Å². The number of ether oxygens (including phenoxy) is 2. The van der Waals surface area contributed by atoms with Crippen molar-refractivity contribution < 1.29 is 14.7 Å². The van der Waals surface area contributed by atoms with E-state index in [2.05, 4.69) is 17.1 Å². The second-order valence-corrected chi connectivity index (χ2v) is 5.75. The molecule has 1 atom stereocenters. The third-order valence-corrected chi connectivity index (χ3v) is 4.17. The Balaban J connectivity index is 1.71. The molecule has 3 rings (SSSR count). The Kier molecular flexibility index (Phi) is 4.41. The summed E-state index contributed by atoms with van der Waals surface area (Å²) in [5.41, 5.74) is 2.93. The summed E-state index contributed by atoms with van der Waals surface area (Å²) in [5.74, 6) is 0.894. The third kappa shape index (κ3) is 3.19. The maximum atomic E-state index is 9.11. The van der Waals surface area contributed by atoms with Crippen LogP contribution in [0.5, 0.6) is 5.75 Å². The summed E-state index contributed by atoms with van der Waals surface area (Å²) in [6.07, 6.45) is 2.91. The van der Waals surface area contributed by atoms with E-state index in [0.717, 1.165) is 61.5 Å². The molecule has 21 heavy (non-hydrogen) atoms. The molecule has 1 fully saturated rings. The lowest BCUT2D eigenvalue weighted by Gasteiger charge is -2.30. The van der Waals surface area contributed by atoms with Crippen molar-refractivity contribution in [2.24, 2.45) is 5.16 Å². The van der Waals surface area contributed by atoms with Crippen LogP contribution in [0, 0.1) is 0 Å². The van der Waals surface area contributed by atoms with Crippen LogP contribution < -0.4 is 4.74 Å². The summed E-state index contributed by atoms with van der Waals surface area (Å²) in [7, 11) is 2.10. The van der Waals surface area contributed by atoms with E-state index < -0.39 is 0 Å².